The molecule has 2 aromatic heterocycles. The molecule has 0 fully saturated rings. The van der Waals surface area contributed by atoms with E-state index in [1.54, 1.807) is 0 Å². The van der Waals surface area contributed by atoms with E-state index >= 15 is 0 Å². The van der Waals surface area contributed by atoms with Gasteiger partial charge in [0.15, 0.2) is 0 Å². The van der Waals surface area contributed by atoms with Gasteiger partial charge in [-0.3, -0.25) is 4.98 Å². The van der Waals surface area contributed by atoms with Crippen LogP contribution in [-0.2, 0) is 18.8 Å². The van der Waals surface area contributed by atoms with Gasteiger partial charge in [0.25, 0.3) is 0 Å². The zero-order valence-electron chi connectivity index (χ0n) is 10.8. The standard InChI is InChI=1S/C15H13Cl2N3/c16-10-15-19-13-9-11(17)4-5-14(13)20(15)8-6-12-3-1-2-7-18-12/h1-5,7,9H,6,8,10H2. The molecule has 0 saturated carbocycles. The number of rotatable bonds is 4. The Morgan fingerprint density at radius 3 is 2.80 bits per heavy atom. The average molecular weight is 306 g/mol. The smallest absolute Gasteiger partial charge is 0.124 e. The van der Waals surface area contributed by atoms with Crippen LogP contribution in [0.5, 0.6) is 0 Å². The molecule has 102 valence electrons. The molecule has 0 saturated heterocycles. The van der Waals surface area contributed by atoms with Crippen LogP contribution in [0.25, 0.3) is 11.0 Å². The van der Waals surface area contributed by atoms with E-state index in [0.29, 0.717) is 10.9 Å². The molecule has 0 aliphatic rings. The lowest BCUT2D eigenvalue weighted by molar-refractivity contribution is 0.678. The van der Waals surface area contributed by atoms with E-state index in [-0.39, 0.29) is 0 Å². The number of nitrogens with zero attached hydrogens (tertiary/aromatic N) is 3. The van der Waals surface area contributed by atoms with Crippen molar-refractivity contribution in [1.29, 1.82) is 0 Å². The molecular weight excluding hydrogens is 293 g/mol. The molecular formula is C15H13Cl2N3. The lowest BCUT2D eigenvalue weighted by Gasteiger charge is -2.07. The molecule has 0 spiro atoms. The van der Waals surface area contributed by atoms with E-state index in [1.807, 2.05) is 42.6 Å². The first-order valence-corrected chi connectivity index (χ1v) is 7.30. The highest BCUT2D eigenvalue weighted by Gasteiger charge is 2.10. The summed E-state index contributed by atoms with van der Waals surface area (Å²) in [7, 11) is 0. The van der Waals surface area contributed by atoms with Gasteiger partial charge in [0, 0.05) is 29.9 Å². The Balaban J connectivity index is 1.93. The summed E-state index contributed by atoms with van der Waals surface area (Å²) in [6, 6.07) is 11.7. The third kappa shape index (κ3) is 2.65. The number of halogens is 2. The van der Waals surface area contributed by atoms with Gasteiger partial charge in [-0.1, -0.05) is 17.7 Å². The summed E-state index contributed by atoms with van der Waals surface area (Å²) in [5.41, 5.74) is 3.00. The van der Waals surface area contributed by atoms with Crippen LogP contribution in [0.2, 0.25) is 5.02 Å². The van der Waals surface area contributed by atoms with Gasteiger partial charge in [-0.2, -0.15) is 0 Å². The molecule has 20 heavy (non-hydrogen) atoms. The van der Waals surface area contributed by atoms with Crippen LogP contribution in [0, 0.1) is 0 Å². The number of imidazole rings is 1. The zero-order valence-corrected chi connectivity index (χ0v) is 12.3. The predicted octanol–water partition coefficient (Wildman–Crippen LogP) is 4.07. The summed E-state index contributed by atoms with van der Waals surface area (Å²) >= 11 is 12.0. The van der Waals surface area contributed by atoms with Gasteiger partial charge in [0.05, 0.1) is 16.9 Å². The van der Waals surface area contributed by atoms with Crippen molar-refractivity contribution in [1.82, 2.24) is 14.5 Å². The van der Waals surface area contributed by atoms with Gasteiger partial charge in [-0.25, -0.2) is 4.98 Å². The Morgan fingerprint density at radius 2 is 2.05 bits per heavy atom. The molecule has 0 bridgehead atoms. The van der Waals surface area contributed by atoms with Crippen LogP contribution in [0.1, 0.15) is 11.5 Å². The van der Waals surface area contributed by atoms with Gasteiger partial charge in [-0.05, 0) is 30.3 Å². The van der Waals surface area contributed by atoms with Crippen molar-refractivity contribution in [2.24, 2.45) is 0 Å². The number of alkyl halides is 1. The number of aryl methyl sites for hydroxylation is 2. The van der Waals surface area contributed by atoms with Crippen LogP contribution >= 0.6 is 23.2 Å². The molecule has 3 nitrogen and oxygen atoms in total. The number of hydrogen-bond donors (Lipinski definition) is 0. The molecule has 0 unspecified atom stereocenters. The van der Waals surface area contributed by atoms with Gasteiger partial charge < -0.3 is 4.57 Å². The second-order valence-corrected chi connectivity index (χ2v) is 5.22. The van der Waals surface area contributed by atoms with Crippen molar-refractivity contribution in [2.75, 3.05) is 0 Å². The third-order valence-corrected chi connectivity index (χ3v) is 3.70. The van der Waals surface area contributed by atoms with E-state index in [4.69, 9.17) is 23.2 Å². The van der Waals surface area contributed by atoms with Gasteiger partial charge in [0.1, 0.15) is 5.82 Å². The highest BCUT2D eigenvalue weighted by Crippen LogP contribution is 2.21. The van der Waals surface area contributed by atoms with E-state index in [9.17, 15) is 0 Å². The summed E-state index contributed by atoms with van der Waals surface area (Å²) in [6.45, 7) is 0.803. The maximum Gasteiger partial charge on any atom is 0.124 e. The van der Waals surface area contributed by atoms with Crippen molar-refractivity contribution in [3.05, 3.63) is 59.1 Å². The third-order valence-electron chi connectivity index (χ3n) is 3.23. The first-order valence-electron chi connectivity index (χ1n) is 6.38. The maximum absolute atomic E-state index is 6.00. The molecule has 0 aliphatic heterocycles. The second-order valence-electron chi connectivity index (χ2n) is 4.52. The predicted molar refractivity (Wildman–Crippen MR) is 82.2 cm³/mol. The second kappa shape index (κ2) is 5.81. The highest BCUT2D eigenvalue weighted by molar-refractivity contribution is 6.31. The molecule has 2 heterocycles. The summed E-state index contributed by atoms with van der Waals surface area (Å²) in [6.07, 6.45) is 2.66. The fraction of sp³-hybridized carbons (Fsp3) is 0.200. The normalized spacial score (nSPS) is 11.1. The van der Waals surface area contributed by atoms with Crippen LogP contribution in [0.3, 0.4) is 0 Å². The topological polar surface area (TPSA) is 30.7 Å². The minimum absolute atomic E-state index is 0.383. The first kappa shape index (κ1) is 13.4. The first-order chi connectivity index (χ1) is 9.78. The summed E-state index contributed by atoms with van der Waals surface area (Å²) < 4.78 is 2.13. The average Bonchev–Trinajstić information content (AvgIpc) is 2.83. The quantitative estimate of drug-likeness (QED) is 0.680. The lowest BCUT2D eigenvalue weighted by Crippen LogP contribution is -2.05. The highest BCUT2D eigenvalue weighted by atomic mass is 35.5. The molecule has 0 aliphatic carbocycles. The maximum atomic E-state index is 6.00. The monoisotopic (exact) mass is 305 g/mol. The number of benzene rings is 1. The van der Waals surface area contributed by atoms with Crippen molar-refractivity contribution in [3.8, 4) is 0 Å². The largest absolute Gasteiger partial charge is 0.327 e. The molecule has 1 aromatic carbocycles. The van der Waals surface area contributed by atoms with Gasteiger partial charge in [0.2, 0.25) is 0 Å². The fourth-order valence-corrected chi connectivity index (χ4v) is 2.65. The van der Waals surface area contributed by atoms with Crippen LogP contribution in [0.15, 0.2) is 42.6 Å². The molecule has 0 amide bonds. The molecule has 5 heteroatoms. The van der Waals surface area contributed by atoms with Crippen molar-refractivity contribution < 1.29 is 0 Å². The van der Waals surface area contributed by atoms with E-state index in [2.05, 4.69) is 14.5 Å². The van der Waals surface area contributed by atoms with E-state index in [0.717, 1.165) is 35.5 Å². The Labute approximate surface area is 127 Å². The summed E-state index contributed by atoms with van der Waals surface area (Å²) in [5.74, 6) is 1.24. The van der Waals surface area contributed by atoms with Crippen molar-refractivity contribution in [3.63, 3.8) is 0 Å². The number of fused-ring (bicyclic) bond motifs is 1. The minimum atomic E-state index is 0.383. The van der Waals surface area contributed by atoms with Gasteiger partial charge in [-0.15, -0.1) is 11.6 Å². The Morgan fingerprint density at radius 1 is 1.15 bits per heavy atom. The molecule has 3 aromatic rings. The van der Waals surface area contributed by atoms with Crippen molar-refractivity contribution >= 4 is 34.2 Å². The Hall–Kier alpha value is -1.58. The lowest BCUT2D eigenvalue weighted by atomic mass is 10.2. The fourth-order valence-electron chi connectivity index (χ4n) is 2.28. The Kier molecular flexibility index (Phi) is 3.90. The number of aromatic nitrogens is 3. The van der Waals surface area contributed by atoms with E-state index < -0.39 is 0 Å². The molecule has 0 radical (unpaired) electrons. The van der Waals surface area contributed by atoms with Crippen LogP contribution in [0.4, 0.5) is 0 Å². The zero-order chi connectivity index (χ0) is 13.9. The Bertz CT molecular complexity index is 723. The summed E-state index contributed by atoms with van der Waals surface area (Å²) in [5, 5.41) is 0.688. The van der Waals surface area contributed by atoms with Crippen LogP contribution in [-0.4, -0.2) is 14.5 Å². The number of pyridine rings is 1. The number of hydrogen-bond acceptors (Lipinski definition) is 2. The summed E-state index contributed by atoms with van der Waals surface area (Å²) in [4.78, 5) is 8.87. The van der Waals surface area contributed by atoms with Crippen LogP contribution < -0.4 is 0 Å². The molecule has 0 N–H and O–H groups in total. The molecule has 3 rings (SSSR count). The van der Waals surface area contributed by atoms with Gasteiger partial charge >= 0.3 is 0 Å². The van der Waals surface area contributed by atoms with E-state index in [1.165, 1.54) is 0 Å². The SMILES string of the molecule is ClCc1nc2cc(Cl)ccc2n1CCc1ccccn1. The van der Waals surface area contributed by atoms with Crippen molar-refractivity contribution in [2.45, 2.75) is 18.8 Å². The molecule has 0 atom stereocenters. The minimum Gasteiger partial charge on any atom is -0.327 e.